The zero-order chi connectivity index (χ0) is 13.1. The van der Waals surface area contributed by atoms with Crippen LogP contribution in [0.3, 0.4) is 0 Å². The Morgan fingerprint density at radius 1 is 1.72 bits per heavy atom. The summed E-state index contributed by atoms with van der Waals surface area (Å²) in [7, 11) is 0. The van der Waals surface area contributed by atoms with Crippen LogP contribution >= 0.6 is 11.3 Å². The Labute approximate surface area is 107 Å². The Morgan fingerprint density at radius 2 is 2.50 bits per heavy atom. The van der Waals surface area contributed by atoms with Gasteiger partial charge in [-0.25, -0.2) is 4.98 Å². The number of aromatic amines is 1. The zero-order valence-electron chi connectivity index (χ0n) is 9.67. The molecule has 8 heteroatoms. The molecule has 0 aliphatic heterocycles. The lowest BCUT2D eigenvalue weighted by molar-refractivity contribution is -0.138. The van der Waals surface area contributed by atoms with E-state index in [0.717, 1.165) is 11.3 Å². The smallest absolute Gasteiger partial charge is 0.326 e. The van der Waals surface area contributed by atoms with E-state index >= 15 is 0 Å². The molecule has 0 spiro atoms. The van der Waals surface area contributed by atoms with E-state index in [2.05, 4.69) is 20.5 Å². The molecule has 0 radical (unpaired) electrons. The second-order valence-electron chi connectivity index (χ2n) is 3.77. The van der Waals surface area contributed by atoms with Crippen LogP contribution < -0.4 is 11.1 Å². The van der Waals surface area contributed by atoms with Crippen LogP contribution in [-0.4, -0.2) is 26.3 Å². The van der Waals surface area contributed by atoms with E-state index in [0.29, 0.717) is 17.4 Å². The number of rotatable bonds is 5. The van der Waals surface area contributed by atoms with Crippen LogP contribution in [0.1, 0.15) is 23.0 Å². The van der Waals surface area contributed by atoms with Gasteiger partial charge in [0.1, 0.15) is 6.04 Å². The lowest BCUT2D eigenvalue weighted by Gasteiger charge is -2.02. The third-order valence-electron chi connectivity index (χ3n) is 2.47. The van der Waals surface area contributed by atoms with Gasteiger partial charge >= 0.3 is 5.97 Å². The Bertz CT molecular complexity index is 550. The number of anilines is 1. The minimum absolute atomic E-state index is 0.360. The number of carbonyl (C=O) groups is 1. The fourth-order valence-electron chi connectivity index (χ4n) is 1.36. The van der Waals surface area contributed by atoms with Crippen molar-refractivity contribution in [2.75, 3.05) is 5.32 Å². The molecule has 2 heterocycles. The van der Waals surface area contributed by atoms with E-state index in [4.69, 9.17) is 10.8 Å². The third kappa shape index (κ3) is 2.66. The van der Waals surface area contributed by atoms with Gasteiger partial charge in [0.25, 0.3) is 0 Å². The first-order chi connectivity index (χ1) is 8.58. The summed E-state index contributed by atoms with van der Waals surface area (Å²) in [4.78, 5) is 14.8. The molecule has 0 fully saturated rings. The number of aryl methyl sites for hydroxylation is 1. The van der Waals surface area contributed by atoms with Crippen molar-refractivity contribution in [3.05, 3.63) is 28.5 Å². The minimum atomic E-state index is -1.09. The first kappa shape index (κ1) is 12.5. The largest absolute Gasteiger partial charge is 0.480 e. The van der Waals surface area contributed by atoms with Gasteiger partial charge in [0.15, 0.2) is 5.13 Å². The molecule has 5 N–H and O–H groups in total. The highest BCUT2D eigenvalue weighted by Crippen LogP contribution is 2.20. The molecule has 2 aromatic heterocycles. The summed E-state index contributed by atoms with van der Waals surface area (Å²) in [6.07, 6.45) is 1.74. The maximum atomic E-state index is 10.7. The normalized spacial score (nSPS) is 12.3. The van der Waals surface area contributed by atoms with Crippen LogP contribution in [0, 0.1) is 6.92 Å². The van der Waals surface area contributed by atoms with Crippen molar-refractivity contribution >= 4 is 22.4 Å². The summed E-state index contributed by atoms with van der Waals surface area (Å²) >= 11 is 1.33. The zero-order valence-corrected chi connectivity index (χ0v) is 10.5. The topological polar surface area (TPSA) is 117 Å². The molecular formula is C10H13N5O2S. The van der Waals surface area contributed by atoms with Crippen LogP contribution in [0.4, 0.5) is 5.13 Å². The van der Waals surface area contributed by atoms with E-state index in [9.17, 15) is 4.79 Å². The van der Waals surface area contributed by atoms with Crippen molar-refractivity contribution in [3.63, 3.8) is 0 Å². The molecule has 0 amide bonds. The average molecular weight is 267 g/mol. The molecular weight excluding hydrogens is 254 g/mol. The van der Waals surface area contributed by atoms with E-state index in [1.807, 2.05) is 6.92 Å². The van der Waals surface area contributed by atoms with Gasteiger partial charge in [-0.15, -0.1) is 11.3 Å². The highest BCUT2D eigenvalue weighted by Gasteiger charge is 2.17. The van der Waals surface area contributed by atoms with Crippen molar-refractivity contribution in [1.82, 2.24) is 15.2 Å². The number of hydrogen-bond donors (Lipinski definition) is 4. The third-order valence-corrected chi connectivity index (χ3v) is 3.29. The number of carboxylic acid groups (broad SMARTS) is 1. The fourth-order valence-corrected chi connectivity index (χ4v) is 2.11. The van der Waals surface area contributed by atoms with E-state index in [1.165, 1.54) is 11.3 Å². The summed E-state index contributed by atoms with van der Waals surface area (Å²) in [6.45, 7) is 2.51. The van der Waals surface area contributed by atoms with Crippen molar-refractivity contribution < 1.29 is 9.90 Å². The SMILES string of the molecule is Cc1[nH]ncc1CNc1nc(C(N)C(=O)O)cs1. The van der Waals surface area contributed by atoms with E-state index in [1.54, 1.807) is 11.6 Å². The second kappa shape index (κ2) is 5.15. The highest BCUT2D eigenvalue weighted by atomic mass is 32.1. The van der Waals surface area contributed by atoms with Gasteiger partial charge in [-0.2, -0.15) is 5.10 Å². The van der Waals surface area contributed by atoms with Crippen LogP contribution in [0.5, 0.6) is 0 Å². The van der Waals surface area contributed by atoms with Crippen LogP contribution in [0.15, 0.2) is 11.6 Å². The number of aromatic nitrogens is 3. The van der Waals surface area contributed by atoms with Gasteiger partial charge in [-0.05, 0) is 6.92 Å². The number of H-pyrrole nitrogens is 1. The Morgan fingerprint density at radius 3 is 3.11 bits per heavy atom. The number of hydrogen-bond acceptors (Lipinski definition) is 6. The summed E-state index contributed by atoms with van der Waals surface area (Å²) in [6, 6.07) is -1.08. The highest BCUT2D eigenvalue weighted by molar-refractivity contribution is 7.13. The van der Waals surface area contributed by atoms with Gasteiger partial charge in [0.05, 0.1) is 11.9 Å². The number of thiazole rings is 1. The lowest BCUT2D eigenvalue weighted by Crippen LogP contribution is -2.20. The molecule has 1 unspecified atom stereocenters. The molecule has 96 valence electrons. The standard InChI is InChI=1S/C10H13N5O2S/c1-5-6(3-13-15-5)2-12-10-14-7(4-18-10)8(11)9(16)17/h3-4,8H,2,11H2,1H3,(H,12,14)(H,13,15)(H,16,17). The minimum Gasteiger partial charge on any atom is -0.480 e. The summed E-state index contributed by atoms with van der Waals surface area (Å²) in [5.41, 5.74) is 7.85. The van der Waals surface area contributed by atoms with Crippen LogP contribution in [0.2, 0.25) is 0 Å². The first-order valence-electron chi connectivity index (χ1n) is 5.24. The maximum Gasteiger partial charge on any atom is 0.326 e. The molecule has 0 aliphatic rings. The molecule has 7 nitrogen and oxygen atoms in total. The number of nitrogens with two attached hydrogens (primary N) is 1. The van der Waals surface area contributed by atoms with Crippen molar-refractivity contribution in [2.45, 2.75) is 19.5 Å². The second-order valence-corrected chi connectivity index (χ2v) is 4.63. The van der Waals surface area contributed by atoms with Gasteiger partial charge < -0.3 is 16.2 Å². The number of nitrogens with zero attached hydrogens (tertiary/aromatic N) is 2. The van der Waals surface area contributed by atoms with Crippen molar-refractivity contribution in [2.24, 2.45) is 5.73 Å². The monoisotopic (exact) mass is 267 g/mol. The van der Waals surface area contributed by atoms with Crippen molar-refractivity contribution in [3.8, 4) is 0 Å². The van der Waals surface area contributed by atoms with E-state index < -0.39 is 12.0 Å². The molecule has 0 saturated heterocycles. The molecule has 0 bridgehead atoms. The molecule has 1 atom stereocenters. The van der Waals surface area contributed by atoms with Gasteiger partial charge in [-0.1, -0.05) is 0 Å². The summed E-state index contributed by atoms with van der Waals surface area (Å²) < 4.78 is 0. The Kier molecular flexibility index (Phi) is 3.58. The quantitative estimate of drug-likeness (QED) is 0.638. The fraction of sp³-hybridized carbons (Fsp3) is 0.300. The Balaban J connectivity index is 1.99. The van der Waals surface area contributed by atoms with E-state index in [-0.39, 0.29) is 0 Å². The predicted molar refractivity (Wildman–Crippen MR) is 67.3 cm³/mol. The van der Waals surface area contributed by atoms with Crippen molar-refractivity contribution in [1.29, 1.82) is 0 Å². The van der Waals surface area contributed by atoms with Gasteiger partial charge in [0.2, 0.25) is 0 Å². The van der Waals surface area contributed by atoms with Crippen LogP contribution in [-0.2, 0) is 11.3 Å². The average Bonchev–Trinajstić information content (AvgIpc) is 2.94. The number of aliphatic carboxylic acids is 1. The molecule has 0 aromatic carbocycles. The first-order valence-corrected chi connectivity index (χ1v) is 6.12. The van der Waals surface area contributed by atoms with Gasteiger partial charge in [0, 0.05) is 23.2 Å². The number of nitrogens with one attached hydrogen (secondary N) is 2. The van der Waals surface area contributed by atoms with Gasteiger partial charge in [-0.3, -0.25) is 9.89 Å². The Hall–Kier alpha value is -1.93. The maximum absolute atomic E-state index is 10.7. The lowest BCUT2D eigenvalue weighted by atomic mass is 10.2. The molecule has 0 aliphatic carbocycles. The summed E-state index contributed by atoms with van der Waals surface area (Å²) in [5, 5.41) is 20.9. The van der Waals surface area contributed by atoms with Crippen LogP contribution in [0.25, 0.3) is 0 Å². The molecule has 18 heavy (non-hydrogen) atoms. The molecule has 2 aromatic rings. The molecule has 0 saturated carbocycles. The number of carboxylic acids is 1. The summed E-state index contributed by atoms with van der Waals surface area (Å²) in [5.74, 6) is -1.09. The predicted octanol–water partition coefficient (Wildman–Crippen LogP) is 0.871. The molecule has 2 rings (SSSR count).